The number of carbonyl (C=O) groups is 2. The van der Waals surface area contributed by atoms with Gasteiger partial charge in [0.15, 0.2) is 21.5 Å². The van der Waals surface area contributed by atoms with Gasteiger partial charge in [-0.15, -0.1) is 0 Å². The Bertz CT molecular complexity index is 1300. The van der Waals surface area contributed by atoms with E-state index in [1.165, 1.54) is 17.0 Å². The molecule has 2 N–H and O–H groups in total. The fraction of sp³-hybridized carbons (Fsp3) is 0.423. The third kappa shape index (κ3) is 5.01. The van der Waals surface area contributed by atoms with Crippen LogP contribution in [-0.4, -0.2) is 59.1 Å². The summed E-state index contributed by atoms with van der Waals surface area (Å²) in [6.45, 7) is 5.15. The highest BCUT2D eigenvalue weighted by atomic mass is 32.2. The zero-order valence-corrected chi connectivity index (χ0v) is 21.3. The largest absolute Gasteiger partial charge is 0.438 e. The van der Waals surface area contributed by atoms with E-state index in [9.17, 15) is 23.1 Å². The number of sulfone groups is 1. The SMILES string of the molecule is CCC(NC(=O)[C@@H]1C[C@@H](S(=O)(=O)c2ccccc2)CN1C(=O)C(C)C)C(O)c1nc2ccccc2o1. The highest BCUT2D eigenvalue weighted by Crippen LogP contribution is 2.30. The lowest BCUT2D eigenvalue weighted by molar-refractivity contribution is -0.141. The van der Waals surface area contributed by atoms with Crippen LogP contribution in [-0.2, 0) is 19.4 Å². The van der Waals surface area contributed by atoms with Crippen molar-refractivity contribution in [3.8, 4) is 0 Å². The van der Waals surface area contributed by atoms with Crippen molar-refractivity contribution in [1.29, 1.82) is 0 Å². The van der Waals surface area contributed by atoms with Crippen molar-refractivity contribution in [3.05, 3.63) is 60.5 Å². The van der Waals surface area contributed by atoms with Crippen molar-refractivity contribution in [3.63, 3.8) is 0 Å². The summed E-state index contributed by atoms with van der Waals surface area (Å²) >= 11 is 0. The monoisotopic (exact) mass is 513 g/mol. The number of likely N-dealkylation sites (tertiary alicyclic amines) is 1. The predicted octanol–water partition coefficient (Wildman–Crippen LogP) is 2.86. The highest BCUT2D eigenvalue weighted by Gasteiger charge is 2.46. The van der Waals surface area contributed by atoms with E-state index in [1.54, 1.807) is 63.2 Å². The van der Waals surface area contributed by atoms with E-state index < -0.39 is 45.1 Å². The lowest BCUT2D eigenvalue weighted by atomic mass is 10.1. The molecule has 0 aliphatic carbocycles. The Hall–Kier alpha value is -3.24. The molecule has 0 bridgehead atoms. The molecule has 0 radical (unpaired) electrons. The fourth-order valence-electron chi connectivity index (χ4n) is 4.52. The topological polar surface area (TPSA) is 130 Å². The van der Waals surface area contributed by atoms with E-state index in [-0.39, 0.29) is 29.7 Å². The number of carbonyl (C=O) groups excluding carboxylic acids is 2. The number of amides is 2. The van der Waals surface area contributed by atoms with Crippen LogP contribution in [0.1, 0.15) is 45.6 Å². The standard InChI is InChI=1S/C26H31N3O6S/c1-4-19(23(30)25-28-20-12-8-9-13-22(20)35-25)27-24(31)21-14-18(15-29(21)26(32)16(2)3)36(33,34)17-10-6-5-7-11-17/h5-13,16,18-19,21,23,30H,4,14-15H2,1-3H3,(H,27,31)/t18-,19?,21+,23?/m1/s1. The summed E-state index contributed by atoms with van der Waals surface area (Å²) in [5.41, 5.74) is 1.11. The number of hydrogen-bond acceptors (Lipinski definition) is 7. The van der Waals surface area contributed by atoms with Gasteiger partial charge >= 0.3 is 0 Å². The molecule has 10 heteroatoms. The van der Waals surface area contributed by atoms with E-state index in [0.29, 0.717) is 17.5 Å². The Labute approximate surface area is 210 Å². The molecule has 1 aliphatic heterocycles. The zero-order valence-electron chi connectivity index (χ0n) is 20.5. The summed E-state index contributed by atoms with van der Waals surface area (Å²) < 4.78 is 32.2. The first kappa shape index (κ1) is 25.8. The maximum Gasteiger partial charge on any atom is 0.243 e. The number of benzene rings is 2. The van der Waals surface area contributed by atoms with E-state index in [4.69, 9.17) is 4.42 Å². The zero-order chi connectivity index (χ0) is 26.0. The van der Waals surface area contributed by atoms with Crippen LogP contribution in [0.4, 0.5) is 0 Å². The molecule has 192 valence electrons. The lowest BCUT2D eigenvalue weighted by Crippen LogP contribution is -2.50. The van der Waals surface area contributed by atoms with Gasteiger partial charge in [-0.1, -0.05) is 51.1 Å². The van der Waals surface area contributed by atoms with Crippen molar-refractivity contribution < 1.29 is 27.5 Å². The number of para-hydroxylation sites is 2. The molecule has 36 heavy (non-hydrogen) atoms. The second kappa shape index (κ2) is 10.4. The van der Waals surface area contributed by atoms with Crippen molar-refractivity contribution in [2.45, 2.75) is 61.9 Å². The first-order valence-corrected chi connectivity index (χ1v) is 13.6. The normalized spacial score (nSPS) is 20.0. The molecular weight excluding hydrogens is 482 g/mol. The molecule has 0 spiro atoms. The average molecular weight is 514 g/mol. The predicted molar refractivity (Wildman–Crippen MR) is 134 cm³/mol. The molecule has 9 nitrogen and oxygen atoms in total. The van der Waals surface area contributed by atoms with Gasteiger partial charge in [0.2, 0.25) is 17.7 Å². The Kier molecular flexibility index (Phi) is 7.46. The van der Waals surface area contributed by atoms with Crippen LogP contribution >= 0.6 is 0 Å². The average Bonchev–Trinajstić information content (AvgIpc) is 3.52. The third-order valence-corrected chi connectivity index (χ3v) is 8.71. The van der Waals surface area contributed by atoms with Crippen molar-refractivity contribution >= 4 is 32.8 Å². The van der Waals surface area contributed by atoms with Gasteiger partial charge in [-0.05, 0) is 37.1 Å². The van der Waals surface area contributed by atoms with Gasteiger partial charge in [0.05, 0.1) is 16.2 Å². The van der Waals surface area contributed by atoms with Gasteiger partial charge in [-0.25, -0.2) is 13.4 Å². The van der Waals surface area contributed by atoms with Crippen LogP contribution in [0.2, 0.25) is 0 Å². The van der Waals surface area contributed by atoms with Gasteiger partial charge in [0, 0.05) is 12.5 Å². The smallest absolute Gasteiger partial charge is 0.243 e. The highest BCUT2D eigenvalue weighted by molar-refractivity contribution is 7.92. The van der Waals surface area contributed by atoms with E-state index in [2.05, 4.69) is 10.3 Å². The van der Waals surface area contributed by atoms with Crippen molar-refractivity contribution in [2.75, 3.05) is 6.54 Å². The van der Waals surface area contributed by atoms with Gasteiger partial charge in [-0.3, -0.25) is 9.59 Å². The van der Waals surface area contributed by atoms with Crippen LogP contribution in [0.3, 0.4) is 0 Å². The van der Waals surface area contributed by atoms with Crippen molar-refractivity contribution in [1.82, 2.24) is 15.2 Å². The number of hydrogen-bond donors (Lipinski definition) is 2. The molecule has 2 unspecified atom stereocenters. The first-order chi connectivity index (χ1) is 17.1. The van der Waals surface area contributed by atoms with E-state index in [1.807, 2.05) is 0 Å². The fourth-order valence-corrected chi connectivity index (χ4v) is 6.23. The van der Waals surface area contributed by atoms with Crippen LogP contribution in [0, 0.1) is 5.92 Å². The minimum Gasteiger partial charge on any atom is -0.438 e. The summed E-state index contributed by atoms with van der Waals surface area (Å²) in [7, 11) is -3.75. The number of nitrogens with one attached hydrogen (secondary N) is 1. The maximum absolute atomic E-state index is 13.4. The molecule has 4 atom stereocenters. The molecule has 2 amide bonds. The molecule has 1 aliphatic rings. The van der Waals surface area contributed by atoms with Gasteiger partial charge in [0.1, 0.15) is 11.6 Å². The Morgan fingerprint density at radius 1 is 1.14 bits per heavy atom. The van der Waals surface area contributed by atoms with Gasteiger partial charge < -0.3 is 19.7 Å². The summed E-state index contributed by atoms with van der Waals surface area (Å²) in [4.78, 5) is 32.2. The quantitative estimate of drug-likeness (QED) is 0.474. The minimum absolute atomic E-state index is 0.0308. The van der Waals surface area contributed by atoms with E-state index in [0.717, 1.165) is 0 Å². The summed E-state index contributed by atoms with van der Waals surface area (Å²) in [6, 6.07) is 13.4. The molecule has 1 fully saturated rings. The number of fused-ring (bicyclic) bond motifs is 1. The lowest BCUT2D eigenvalue weighted by Gasteiger charge is -2.28. The molecule has 4 rings (SSSR count). The summed E-state index contributed by atoms with van der Waals surface area (Å²) in [5.74, 6) is -1.15. The molecule has 1 aromatic heterocycles. The number of aliphatic hydroxyl groups is 1. The van der Waals surface area contributed by atoms with Gasteiger partial charge in [0.25, 0.3) is 0 Å². The van der Waals surface area contributed by atoms with Crippen LogP contribution in [0.25, 0.3) is 11.1 Å². The number of aliphatic hydroxyl groups excluding tert-OH is 1. The van der Waals surface area contributed by atoms with Crippen LogP contribution < -0.4 is 5.32 Å². The van der Waals surface area contributed by atoms with Gasteiger partial charge in [-0.2, -0.15) is 0 Å². The maximum atomic E-state index is 13.4. The number of nitrogens with zero attached hydrogens (tertiary/aromatic N) is 2. The van der Waals surface area contributed by atoms with Crippen LogP contribution in [0.15, 0.2) is 63.9 Å². The molecule has 1 saturated heterocycles. The molecule has 2 aromatic carbocycles. The summed E-state index contributed by atoms with van der Waals surface area (Å²) in [5, 5.41) is 12.8. The molecule has 3 aromatic rings. The number of rotatable bonds is 8. The van der Waals surface area contributed by atoms with Crippen molar-refractivity contribution in [2.24, 2.45) is 5.92 Å². The Balaban J connectivity index is 1.56. The first-order valence-electron chi connectivity index (χ1n) is 12.1. The molecular formula is C26H31N3O6S. The van der Waals surface area contributed by atoms with Crippen LogP contribution in [0.5, 0.6) is 0 Å². The van der Waals surface area contributed by atoms with E-state index >= 15 is 0 Å². The number of oxazole rings is 1. The second-order valence-corrected chi connectivity index (χ2v) is 11.6. The summed E-state index contributed by atoms with van der Waals surface area (Å²) in [6.07, 6.45) is -0.884. The number of aromatic nitrogens is 1. The Morgan fingerprint density at radius 2 is 1.81 bits per heavy atom. The minimum atomic E-state index is -3.75. The second-order valence-electron chi connectivity index (χ2n) is 9.36. The third-order valence-electron chi connectivity index (χ3n) is 6.56. The molecule has 2 heterocycles. The Morgan fingerprint density at radius 3 is 2.44 bits per heavy atom. The molecule has 0 saturated carbocycles.